The first kappa shape index (κ1) is 19.5. The summed E-state index contributed by atoms with van der Waals surface area (Å²) in [5.41, 5.74) is 0.0593. The Morgan fingerprint density at radius 2 is 1.81 bits per heavy atom. The van der Waals surface area contributed by atoms with Gasteiger partial charge < -0.3 is 10.6 Å². The zero-order valence-electron chi connectivity index (χ0n) is 14.4. The number of aromatic nitrogens is 1. The molecular weight excluding hydrogens is 379 g/mol. The normalized spacial score (nSPS) is 15.4. The molecule has 0 atom stereocenters. The fraction of sp³-hybridized carbons (Fsp3) is 0.368. The predicted molar refractivity (Wildman–Crippen MR) is 98.3 cm³/mol. The molecule has 1 aromatic heterocycles. The maximum absolute atomic E-state index is 13.0. The fourth-order valence-electron chi connectivity index (χ4n) is 3.14. The number of rotatable bonds is 4. The maximum atomic E-state index is 13.0. The van der Waals surface area contributed by atoms with E-state index in [1.807, 2.05) is 0 Å². The lowest BCUT2D eigenvalue weighted by Crippen LogP contribution is -2.36. The van der Waals surface area contributed by atoms with Crippen LogP contribution in [0.25, 0.3) is 0 Å². The summed E-state index contributed by atoms with van der Waals surface area (Å²) < 4.78 is 38.9. The molecule has 1 aliphatic rings. The summed E-state index contributed by atoms with van der Waals surface area (Å²) in [4.78, 5) is 16.4. The molecule has 1 saturated carbocycles. The van der Waals surface area contributed by atoms with E-state index in [-0.39, 0.29) is 22.7 Å². The molecule has 0 radical (unpaired) electrons. The Morgan fingerprint density at radius 1 is 1.07 bits per heavy atom. The number of carbonyl (C=O) groups is 1. The second kappa shape index (κ2) is 8.17. The highest BCUT2D eigenvalue weighted by Gasteiger charge is 2.33. The summed E-state index contributed by atoms with van der Waals surface area (Å²) >= 11 is 5.63. The highest BCUT2D eigenvalue weighted by molar-refractivity contribution is 6.31. The first-order valence-corrected chi connectivity index (χ1v) is 9.10. The van der Waals surface area contributed by atoms with E-state index < -0.39 is 11.7 Å². The van der Waals surface area contributed by atoms with Gasteiger partial charge in [-0.2, -0.15) is 13.2 Å². The van der Waals surface area contributed by atoms with E-state index >= 15 is 0 Å². The molecule has 1 heterocycles. The summed E-state index contributed by atoms with van der Waals surface area (Å²) in [6.45, 7) is 0. The van der Waals surface area contributed by atoms with Gasteiger partial charge in [0.15, 0.2) is 0 Å². The lowest BCUT2D eigenvalue weighted by atomic mass is 9.95. The van der Waals surface area contributed by atoms with Crippen LogP contribution in [0.2, 0.25) is 5.02 Å². The topological polar surface area (TPSA) is 54.0 Å². The molecule has 0 saturated heterocycles. The quantitative estimate of drug-likeness (QED) is 0.710. The Morgan fingerprint density at radius 3 is 2.52 bits per heavy atom. The molecule has 1 amide bonds. The Balaban J connectivity index is 1.73. The standard InChI is InChI=1S/C19H19ClF3N3O/c20-17-7-6-14(9-16(17)19(21,22)23)25-15-8-12(10-24-11-15)18(27)26-13-4-2-1-3-5-13/h6-11,13,25H,1-5H2,(H,26,27). The number of pyridine rings is 1. The lowest BCUT2D eigenvalue weighted by molar-refractivity contribution is -0.137. The van der Waals surface area contributed by atoms with Crippen molar-refractivity contribution >= 4 is 28.9 Å². The number of anilines is 2. The van der Waals surface area contributed by atoms with Crippen LogP contribution in [0.3, 0.4) is 0 Å². The van der Waals surface area contributed by atoms with Gasteiger partial charge in [0.2, 0.25) is 0 Å². The van der Waals surface area contributed by atoms with Crippen LogP contribution >= 0.6 is 11.6 Å². The number of hydrogen-bond donors (Lipinski definition) is 2. The van der Waals surface area contributed by atoms with Gasteiger partial charge >= 0.3 is 6.18 Å². The Bertz CT molecular complexity index is 820. The van der Waals surface area contributed by atoms with Gasteiger partial charge in [-0.3, -0.25) is 9.78 Å². The highest BCUT2D eigenvalue weighted by atomic mass is 35.5. The predicted octanol–water partition coefficient (Wildman–Crippen LogP) is 5.56. The Kier molecular flexibility index (Phi) is 5.89. The molecule has 1 aromatic carbocycles. The molecule has 0 bridgehead atoms. The van der Waals surface area contributed by atoms with Gasteiger partial charge in [-0.15, -0.1) is 0 Å². The third kappa shape index (κ3) is 5.13. The van der Waals surface area contributed by atoms with Crippen molar-refractivity contribution in [2.24, 2.45) is 0 Å². The number of carbonyl (C=O) groups excluding carboxylic acids is 1. The van der Waals surface area contributed by atoms with E-state index in [9.17, 15) is 18.0 Å². The molecule has 2 N–H and O–H groups in total. The Hall–Kier alpha value is -2.28. The molecule has 4 nitrogen and oxygen atoms in total. The van der Waals surface area contributed by atoms with Crippen molar-refractivity contribution in [2.45, 2.75) is 44.3 Å². The summed E-state index contributed by atoms with van der Waals surface area (Å²) in [6, 6.07) is 5.27. The number of halogens is 4. The van der Waals surface area contributed by atoms with Gasteiger partial charge in [-0.25, -0.2) is 0 Å². The molecule has 0 spiro atoms. The average Bonchev–Trinajstić information content (AvgIpc) is 2.63. The summed E-state index contributed by atoms with van der Waals surface area (Å²) in [6.07, 6.45) is 3.64. The Labute approximate surface area is 160 Å². The zero-order valence-corrected chi connectivity index (χ0v) is 15.2. The third-order valence-corrected chi connectivity index (χ3v) is 4.83. The van der Waals surface area contributed by atoms with Gasteiger partial charge in [0, 0.05) is 17.9 Å². The molecular formula is C19H19ClF3N3O. The molecule has 3 rings (SSSR count). The SMILES string of the molecule is O=C(NC1CCCCC1)c1cncc(Nc2ccc(Cl)c(C(F)(F)F)c2)c1. The van der Waals surface area contributed by atoms with Crippen molar-refractivity contribution in [3.63, 3.8) is 0 Å². The van der Waals surface area contributed by atoms with E-state index in [0.717, 1.165) is 31.7 Å². The van der Waals surface area contributed by atoms with Crippen LogP contribution in [0.15, 0.2) is 36.7 Å². The molecule has 8 heteroatoms. The molecule has 0 unspecified atom stereocenters. The summed E-state index contributed by atoms with van der Waals surface area (Å²) in [5.74, 6) is -0.231. The molecule has 1 aliphatic carbocycles. The van der Waals surface area contributed by atoms with Crippen LogP contribution in [0.5, 0.6) is 0 Å². The summed E-state index contributed by atoms with van der Waals surface area (Å²) in [5, 5.41) is 5.46. The first-order valence-electron chi connectivity index (χ1n) is 8.72. The number of alkyl halides is 3. The van der Waals surface area contributed by atoms with Crippen LogP contribution in [-0.2, 0) is 6.18 Å². The minimum Gasteiger partial charge on any atom is -0.354 e. The number of hydrogen-bond acceptors (Lipinski definition) is 3. The van der Waals surface area contributed by atoms with E-state index in [2.05, 4.69) is 15.6 Å². The minimum atomic E-state index is -4.55. The fourth-order valence-corrected chi connectivity index (χ4v) is 3.36. The van der Waals surface area contributed by atoms with Gasteiger partial charge in [0.05, 0.1) is 28.0 Å². The van der Waals surface area contributed by atoms with Gasteiger partial charge in [-0.05, 0) is 37.1 Å². The van der Waals surface area contributed by atoms with Gasteiger partial charge in [0.1, 0.15) is 0 Å². The minimum absolute atomic E-state index is 0.161. The van der Waals surface area contributed by atoms with Crippen LogP contribution in [-0.4, -0.2) is 16.9 Å². The number of benzene rings is 1. The van der Waals surface area contributed by atoms with Crippen molar-refractivity contribution in [1.82, 2.24) is 10.3 Å². The van der Waals surface area contributed by atoms with Crippen molar-refractivity contribution in [2.75, 3.05) is 5.32 Å². The van der Waals surface area contributed by atoms with Crippen molar-refractivity contribution in [3.05, 3.63) is 52.8 Å². The second-order valence-electron chi connectivity index (χ2n) is 6.59. The second-order valence-corrected chi connectivity index (χ2v) is 7.00. The molecule has 144 valence electrons. The number of amides is 1. The first-order chi connectivity index (χ1) is 12.8. The monoisotopic (exact) mass is 397 g/mol. The van der Waals surface area contributed by atoms with Gasteiger partial charge in [0.25, 0.3) is 5.91 Å². The van der Waals surface area contributed by atoms with Crippen molar-refractivity contribution < 1.29 is 18.0 Å². The maximum Gasteiger partial charge on any atom is 0.417 e. The van der Waals surface area contributed by atoms with E-state index in [1.54, 1.807) is 6.07 Å². The van der Waals surface area contributed by atoms with Crippen LogP contribution in [0.4, 0.5) is 24.5 Å². The zero-order chi connectivity index (χ0) is 19.4. The van der Waals surface area contributed by atoms with Gasteiger partial charge in [-0.1, -0.05) is 30.9 Å². The van der Waals surface area contributed by atoms with Crippen molar-refractivity contribution in [1.29, 1.82) is 0 Å². The van der Waals surface area contributed by atoms with Crippen LogP contribution in [0, 0.1) is 0 Å². The molecule has 1 fully saturated rings. The lowest BCUT2D eigenvalue weighted by Gasteiger charge is -2.22. The largest absolute Gasteiger partial charge is 0.417 e. The highest BCUT2D eigenvalue weighted by Crippen LogP contribution is 2.36. The molecule has 2 aromatic rings. The molecule has 0 aliphatic heterocycles. The van der Waals surface area contributed by atoms with E-state index in [1.165, 1.54) is 30.9 Å². The van der Waals surface area contributed by atoms with E-state index in [0.29, 0.717) is 11.3 Å². The summed E-state index contributed by atoms with van der Waals surface area (Å²) in [7, 11) is 0. The molecule has 27 heavy (non-hydrogen) atoms. The number of nitrogens with zero attached hydrogens (tertiary/aromatic N) is 1. The number of nitrogens with one attached hydrogen (secondary N) is 2. The van der Waals surface area contributed by atoms with E-state index in [4.69, 9.17) is 11.6 Å². The average molecular weight is 398 g/mol. The smallest absolute Gasteiger partial charge is 0.354 e. The van der Waals surface area contributed by atoms with Crippen molar-refractivity contribution in [3.8, 4) is 0 Å². The third-order valence-electron chi connectivity index (χ3n) is 4.50. The van der Waals surface area contributed by atoms with Crippen LogP contribution < -0.4 is 10.6 Å². The van der Waals surface area contributed by atoms with Crippen LogP contribution in [0.1, 0.15) is 48.0 Å².